The number of hydrogen-bond donors (Lipinski definition) is 1. The van der Waals surface area contributed by atoms with Gasteiger partial charge in [-0.3, -0.25) is 13.9 Å². The quantitative estimate of drug-likeness (QED) is 0.123. The molecule has 0 unspecified atom stereocenters. The largest absolute Gasteiger partial charge is 0.497 e. The minimum atomic E-state index is -4.28. The van der Waals surface area contributed by atoms with Gasteiger partial charge in [0.1, 0.15) is 24.1 Å². The molecule has 5 rings (SSSR count). The SMILES string of the molecule is CCOc1ccccc1N(CC(=O)N(Cc1cccc(OC)c1)[C@@H](Cc1ccccc1)C(=O)NC1CCCCC1)S(=O)(=O)c1ccc(SC)cc1. The van der Waals surface area contributed by atoms with E-state index in [-0.39, 0.29) is 35.5 Å². The Bertz CT molecular complexity index is 1850. The highest BCUT2D eigenvalue weighted by molar-refractivity contribution is 7.98. The molecule has 1 saturated carbocycles. The van der Waals surface area contributed by atoms with Crippen LogP contribution in [0.3, 0.4) is 0 Å². The summed E-state index contributed by atoms with van der Waals surface area (Å²) in [6, 6.07) is 29.4. The highest BCUT2D eigenvalue weighted by Crippen LogP contribution is 2.33. The van der Waals surface area contributed by atoms with E-state index in [0.717, 1.165) is 52.4 Å². The molecule has 0 aliphatic heterocycles. The maximum atomic E-state index is 14.9. The van der Waals surface area contributed by atoms with Crippen molar-refractivity contribution in [3.05, 3.63) is 114 Å². The molecular formula is C40H47N3O6S2. The molecule has 1 N–H and O–H groups in total. The minimum absolute atomic E-state index is 0.0116. The Balaban J connectivity index is 1.60. The van der Waals surface area contributed by atoms with Gasteiger partial charge in [-0.2, -0.15) is 0 Å². The first-order valence-corrected chi connectivity index (χ1v) is 20.0. The Hall–Kier alpha value is -4.48. The summed E-state index contributed by atoms with van der Waals surface area (Å²) < 4.78 is 41.6. The number of carbonyl (C=O) groups excluding carboxylic acids is 2. The molecule has 0 bridgehead atoms. The maximum Gasteiger partial charge on any atom is 0.264 e. The van der Waals surface area contributed by atoms with E-state index < -0.39 is 28.5 Å². The van der Waals surface area contributed by atoms with E-state index in [1.54, 1.807) is 55.6 Å². The lowest BCUT2D eigenvalue weighted by Crippen LogP contribution is -2.55. The molecule has 4 aromatic rings. The summed E-state index contributed by atoms with van der Waals surface area (Å²) in [5.74, 6) is 0.133. The zero-order valence-corrected chi connectivity index (χ0v) is 31.1. The molecule has 1 aliphatic carbocycles. The molecule has 51 heavy (non-hydrogen) atoms. The summed E-state index contributed by atoms with van der Waals surface area (Å²) in [5.41, 5.74) is 1.85. The fraction of sp³-hybridized carbons (Fsp3) is 0.350. The number of sulfonamides is 1. The first-order valence-electron chi connectivity index (χ1n) is 17.4. The Morgan fingerprint density at radius 1 is 0.882 bits per heavy atom. The lowest BCUT2D eigenvalue weighted by atomic mass is 9.94. The van der Waals surface area contributed by atoms with Crippen molar-refractivity contribution in [3.63, 3.8) is 0 Å². The predicted molar refractivity (Wildman–Crippen MR) is 203 cm³/mol. The van der Waals surface area contributed by atoms with Crippen LogP contribution >= 0.6 is 11.8 Å². The average Bonchev–Trinajstić information content (AvgIpc) is 3.16. The second kappa shape index (κ2) is 18.1. The van der Waals surface area contributed by atoms with Crippen molar-refractivity contribution >= 4 is 39.3 Å². The average molecular weight is 730 g/mol. The normalized spacial score (nSPS) is 13.9. The van der Waals surface area contributed by atoms with Crippen molar-refractivity contribution in [1.29, 1.82) is 0 Å². The van der Waals surface area contributed by atoms with Gasteiger partial charge in [0, 0.05) is 23.9 Å². The van der Waals surface area contributed by atoms with Crippen LogP contribution in [0.4, 0.5) is 5.69 Å². The van der Waals surface area contributed by atoms with Crippen LogP contribution in [0.1, 0.15) is 50.2 Å². The number of ether oxygens (including phenoxy) is 2. The van der Waals surface area contributed by atoms with Crippen LogP contribution in [0, 0.1) is 0 Å². The molecule has 1 atom stereocenters. The van der Waals surface area contributed by atoms with Gasteiger partial charge in [0.25, 0.3) is 10.0 Å². The molecular weight excluding hydrogens is 683 g/mol. The number of nitrogens with zero attached hydrogens (tertiary/aromatic N) is 2. The summed E-state index contributed by atoms with van der Waals surface area (Å²) in [7, 11) is -2.71. The fourth-order valence-corrected chi connectivity index (χ4v) is 8.23. The van der Waals surface area contributed by atoms with Gasteiger partial charge >= 0.3 is 0 Å². The molecule has 2 amide bonds. The van der Waals surface area contributed by atoms with Crippen molar-refractivity contribution in [2.45, 2.75) is 73.9 Å². The molecule has 1 aliphatic rings. The number of para-hydroxylation sites is 2. The Morgan fingerprint density at radius 3 is 2.25 bits per heavy atom. The first-order chi connectivity index (χ1) is 24.7. The van der Waals surface area contributed by atoms with Crippen LogP contribution in [0.25, 0.3) is 0 Å². The molecule has 0 radical (unpaired) electrons. The van der Waals surface area contributed by atoms with Crippen LogP contribution in [-0.4, -0.2) is 63.7 Å². The van der Waals surface area contributed by atoms with Crippen LogP contribution in [-0.2, 0) is 32.6 Å². The van der Waals surface area contributed by atoms with Crippen LogP contribution < -0.4 is 19.1 Å². The number of methoxy groups -OCH3 is 1. The number of thioether (sulfide) groups is 1. The number of nitrogens with one attached hydrogen (secondary N) is 1. The summed E-state index contributed by atoms with van der Waals surface area (Å²) in [6.45, 7) is 1.60. The molecule has 11 heteroatoms. The standard InChI is InChI=1S/C40H47N3O6S2/c1-4-49-38-21-12-11-20-36(38)43(51(46,47)35-24-22-34(50-3)23-25-35)29-39(44)42(28-31-16-13-19-33(26-31)48-2)37(27-30-14-7-5-8-15-30)40(45)41-32-17-9-6-10-18-32/h5,7-8,11-16,19-26,32,37H,4,6,9-10,17-18,27-29H2,1-3H3,(H,41,45)/t37-/m0/s1. The highest BCUT2D eigenvalue weighted by Gasteiger charge is 2.36. The van der Waals surface area contributed by atoms with Crippen LogP contribution in [0.15, 0.2) is 113 Å². The fourth-order valence-electron chi connectivity index (χ4n) is 6.39. The predicted octanol–water partition coefficient (Wildman–Crippen LogP) is 7.10. The Kier molecular flexibility index (Phi) is 13.4. The smallest absolute Gasteiger partial charge is 0.264 e. The van der Waals surface area contributed by atoms with E-state index in [0.29, 0.717) is 18.1 Å². The van der Waals surface area contributed by atoms with Crippen molar-refractivity contribution in [2.75, 3.05) is 30.8 Å². The monoisotopic (exact) mass is 729 g/mol. The second-order valence-electron chi connectivity index (χ2n) is 12.5. The van der Waals surface area contributed by atoms with Gasteiger partial charge in [0.15, 0.2) is 0 Å². The summed E-state index contributed by atoms with van der Waals surface area (Å²) in [6.07, 6.45) is 7.11. The third-order valence-electron chi connectivity index (χ3n) is 9.07. The van der Waals surface area contributed by atoms with Gasteiger partial charge in [0.05, 0.1) is 24.3 Å². The first kappa shape index (κ1) is 37.8. The lowest BCUT2D eigenvalue weighted by Gasteiger charge is -2.35. The number of hydrogen-bond acceptors (Lipinski definition) is 7. The zero-order valence-electron chi connectivity index (χ0n) is 29.5. The summed E-state index contributed by atoms with van der Waals surface area (Å²) >= 11 is 1.50. The summed E-state index contributed by atoms with van der Waals surface area (Å²) in [4.78, 5) is 31.8. The highest BCUT2D eigenvalue weighted by atomic mass is 32.2. The van der Waals surface area contributed by atoms with Crippen LogP contribution in [0.5, 0.6) is 11.5 Å². The topological polar surface area (TPSA) is 105 Å². The van der Waals surface area contributed by atoms with Gasteiger partial charge in [-0.1, -0.05) is 73.9 Å². The van der Waals surface area contributed by atoms with Gasteiger partial charge < -0.3 is 19.7 Å². The van der Waals surface area contributed by atoms with Crippen molar-refractivity contribution in [3.8, 4) is 11.5 Å². The number of rotatable bonds is 16. The van der Waals surface area contributed by atoms with E-state index in [2.05, 4.69) is 5.32 Å². The molecule has 4 aromatic carbocycles. The Morgan fingerprint density at radius 2 is 1.57 bits per heavy atom. The number of amides is 2. The molecule has 9 nitrogen and oxygen atoms in total. The van der Waals surface area contributed by atoms with E-state index in [4.69, 9.17) is 9.47 Å². The zero-order chi connectivity index (χ0) is 36.2. The van der Waals surface area contributed by atoms with Crippen molar-refractivity contribution in [1.82, 2.24) is 10.2 Å². The van der Waals surface area contributed by atoms with E-state index >= 15 is 0 Å². The minimum Gasteiger partial charge on any atom is -0.497 e. The van der Waals surface area contributed by atoms with Crippen molar-refractivity contribution in [2.24, 2.45) is 0 Å². The van der Waals surface area contributed by atoms with Gasteiger partial charge in [0.2, 0.25) is 11.8 Å². The molecule has 0 heterocycles. The third-order valence-corrected chi connectivity index (χ3v) is 11.6. The van der Waals surface area contributed by atoms with Gasteiger partial charge in [-0.25, -0.2) is 8.42 Å². The maximum absolute atomic E-state index is 14.9. The molecule has 0 saturated heterocycles. The second-order valence-corrected chi connectivity index (χ2v) is 15.3. The van der Waals surface area contributed by atoms with E-state index in [1.807, 2.05) is 67.8 Å². The van der Waals surface area contributed by atoms with Gasteiger partial charge in [-0.15, -0.1) is 11.8 Å². The molecule has 270 valence electrons. The third kappa shape index (κ3) is 9.86. The lowest BCUT2D eigenvalue weighted by molar-refractivity contribution is -0.140. The number of benzene rings is 4. The van der Waals surface area contributed by atoms with Gasteiger partial charge in [-0.05, 0) is 85.7 Å². The van der Waals surface area contributed by atoms with E-state index in [9.17, 15) is 18.0 Å². The Labute approximate surface area is 306 Å². The van der Waals surface area contributed by atoms with Crippen LogP contribution in [0.2, 0.25) is 0 Å². The molecule has 1 fully saturated rings. The molecule has 0 aromatic heterocycles. The summed E-state index contributed by atoms with van der Waals surface area (Å²) in [5, 5.41) is 3.25. The van der Waals surface area contributed by atoms with E-state index in [1.165, 1.54) is 16.7 Å². The molecule has 0 spiro atoms. The van der Waals surface area contributed by atoms with Crippen molar-refractivity contribution < 1.29 is 27.5 Å². The number of anilines is 1. The number of carbonyl (C=O) groups is 2.